The zero-order chi connectivity index (χ0) is 18.1. The van der Waals surface area contributed by atoms with Gasteiger partial charge in [-0.05, 0) is 73.5 Å². The highest BCUT2D eigenvalue weighted by Gasteiger charge is 2.32. The van der Waals surface area contributed by atoms with Crippen LogP contribution in [-0.2, 0) is 6.54 Å². The maximum absolute atomic E-state index is 14.3. The van der Waals surface area contributed by atoms with Crippen LogP contribution in [0, 0.1) is 19.7 Å². The number of fused-ring (bicyclic) bond motifs is 1. The van der Waals surface area contributed by atoms with Crippen LogP contribution >= 0.6 is 0 Å². The van der Waals surface area contributed by atoms with Gasteiger partial charge in [-0.1, -0.05) is 6.07 Å². The molecule has 3 aromatic rings. The van der Waals surface area contributed by atoms with Crippen molar-refractivity contribution >= 4 is 10.8 Å². The van der Waals surface area contributed by atoms with Crippen LogP contribution in [0.2, 0.25) is 0 Å². The van der Waals surface area contributed by atoms with Crippen LogP contribution in [0.25, 0.3) is 10.8 Å². The number of halogens is 1. The van der Waals surface area contributed by atoms with Gasteiger partial charge in [-0.25, -0.2) is 4.39 Å². The predicted molar refractivity (Wildman–Crippen MR) is 102 cm³/mol. The summed E-state index contributed by atoms with van der Waals surface area (Å²) >= 11 is 0. The van der Waals surface area contributed by atoms with Gasteiger partial charge in [0, 0.05) is 35.9 Å². The van der Waals surface area contributed by atoms with Crippen molar-refractivity contribution in [2.75, 3.05) is 0 Å². The van der Waals surface area contributed by atoms with Gasteiger partial charge in [0.2, 0.25) is 0 Å². The van der Waals surface area contributed by atoms with Crippen LogP contribution in [0.15, 0.2) is 48.8 Å². The molecule has 134 valence electrons. The van der Waals surface area contributed by atoms with E-state index < -0.39 is 0 Å². The highest BCUT2D eigenvalue weighted by atomic mass is 19.1. The van der Waals surface area contributed by atoms with E-state index in [1.54, 1.807) is 18.5 Å². The molecule has 0 saturated heterocycles. The Balaban J connectivity index is 1.45. The molecule has 0 spiro atoms. The van der Waals surface area contributed by atoms with E-state index in [2.05, 4.69) is 42.3 Å². The molecule has 3 nitrogen and oxygen atoms in total. The van der Waals surface area contributed by atoms with Gasteiger partial charge in [-0.3, -0.25) is 4.98 Å². The third kappa shape index (κ3) is 3.42. The van der Waals surface area contributed by atoms with E-state index in [1.807, 2.05) is 6.07 Å². The fourth-order valence-electron chi connectivity index (χ4n) is 3.64. The lowest BCUT2D eigenvalue weighted by molar-refractivity contribution is 0.0716. The first kappa shape index (κ1) is 17.0. The van der Waals surface area contributed by atoms with Crippen LogP contribution < -0.4 is 10.1 Å². The molecule has 1 aliphatic rings. The van der Waals surface area contributed by atoms with E-state index in [9.17, 15) is 4.39 Å². The number of aromatic nitrogens is 1. The Hall–Kier alpha value is -2.46. The Kier molecular flexibility index (Phi) is 4.60. The summed E-state index contributed by atoms with van der Waals surface area (Å²) in [5.41, 5.74) is 3.10. The number of aryl methyl sites for hydroxylation is 2. The molecule has 0 radical (unpaired) electrons. The van der Waals surface area contributed by atoms with Crippen LogP contribution in [0.3, 0.4) is 0 Å². The molecule has 0 unspecified atom stereocenters. The minimum atomic E-state index is -0.178. The quantitative estimate of drug-likeness (QED) is 0.725. The van der Waals surface area contributed by atoms with Crippen molar-refractivity contribution in [2.24, 2.45) is 0 Å². The van der Waals surface area contributed by atoms with Gasteiger partial charge < -0.3 is 10.1 Å². The summed E-state index contributed by atoms with van der Waals surface area (Å²) in [5, 5.41) is 5.36. The largest absolute Gasteiger partial charge is 0.489 e. The van der Waals surface area contributed by atoms with E-state index in [0.29, 0.717) is 12.1 Å². The average Bonchev–Trinajstić information content (AvgIpc) is 2.60. The van der Waals surface area contributed by atoms with Crippen molar-refractivity contribution in [3.05, 3.63) is 71.3 Å². The van der Waals surface area contributed by atoms with Crippen LogP contribution in [0.4, 0.5) is 4.39 Å². The normalized spacial score (nSPS) is 19.3. The SMILES string of the molecule is Cc1cc(C)cc(O[C@@H]2CC[C@H]2NCc2c(F)ccc3cnccc23)c1. The molecule has 26 heavy (non-hydrogen) atoms. The third-order valence-electron chi connectivity index (χ3n) is 5.11. The van der Waals surface area contributed by atoms with Gasteiger partial charge in [-0.15, -0.1) is 0 Å². The number of nitrogens with one attached hydrogen (secondary N) is 1. The summed E-state index contributed by atoms with van der Waals surface area (Å²) in [6.07, 6.45) is 5.68. The van der Waals surface area contributed by atoms with Crippen molar-refractivity contribution in [1.82, 2.24) is 10.3 Å². The Morgan fingerprint density at radius 1 is 1.12 bits per heavy atom. The average molecular weight is 350 g/mol. The Morgan fingerprint density at radius 2 is 1.92 bits per heavy atom. The monoisotopic (exact) mass is 350 g/mol. The number of hydrogen-bond acceptors (Lipinski definition) is 3. The van der Waals surface area contributed by atoms with E-state index in [-0.39, 0.29) is 18.0 Å². The lowest BCUT2D eigenvalue weighted by atomic mass is 9.88. The van der Waals surface area contributed by atoms with Crippen molar-refractivity contribution in [3.8, 4) is 5.75 Å². The lowest BCUT2D eigenvalue weighted by Gasteiger charge is -2.37. The number of hydrogen-bond donors (Lipinski definition) is 1. The number of benzene rings is 2. The maximum Gasteiger partial charge on any atom is 0.128 e. The first-order chi connectivity index (χ1) is 12.6. The maximum atomic E-state index is 14.3. The van der Waals surface area contributed by atoms with Crippen molar-refractivity contribution in [2.45, 2.75) is 45.4 Å². The predicted octanol–water partition coefficient (Wildman–Crippen LogP) is 4.69. The molecule has 2 aromatic carbocycles. The lowest BCUT2D eigenvalue weighted by Crippen LogP contribution is -2.50. The highest BCUT2D eigenvalue weighted by Crippen LogP contribution is 2.28. The molecule has 1 heterocycles. The Bertz CT molecular complexity index is 920. The fourth-order valence-corrected chi connectivity index (χ4v) is 3.64. The molecular formula is C22H23FN2O. The molecule has 4 heteroatoms. The van der Waals surface area contributed by atoms with E-state index in [1.165, 1.54) is 17.2 Å². The van der Waals surface area contributed by atoms with Crippen LogP contribution in [-0.4, -0.2) is 17.1 Å². The molecule has 1 saturated carbocycles. The summed E-state index contributed by atoms with van der Waals surface area (Å²) in [4.78, 5) is 4.12. The highest BCUT2D eigenvalue weighted by molar-refractivity contribution is 5.84. The molecular weight excluding hydrogens is 327 g/mol. The smallest absolute Gasteiger partial charge is 0.128 e. The molecule has 0 aliphatic heterocycles. The first-order valence-corrected chi connectivity index (χ1v) is 9.09. The zero-order valence-electron chi connectivity index (χ0n) is 15.1. The molecule has 2 atom stereocenters. The van der Waals surface area contributed by atoms with Gasteiger partial charge in [0.05, 0.1) is 0 Å². The number of ether oxygens (including phenoxy) is 1. The number of nitrogens with zero attached hydrogens (tertiary/aromatic N) is 1. The molecule has 4 rings (SSSR count). The minimum absolute atomic E-state index is 0.135. The summed E-state index contributed by atoms with van der Waals surface area (Å²) in [5.74, 6) is 0.740. The summed E-state index contributed by atoms with van der Waals surface area (Å²) in [6.45, 7) is 4.65. The van der Waals surface area contributed by atoms with E-state index in [0.717, 1.165) is 29.4 Å². The Morgan fingerprint density at radius 3 is 2.65 bits per heavy atom. The minimum Gasteiger partial charge on any atom is -0.489 e. The van der Waals surface area contributed by atoms with Crippen molar-refractivity contribution in [1.29, 1.82) is 0 Å². The zero-order valence-corrected chi connectivity index (χ0v) is 15.1. The molecule has 0 amide bonds. The van der Waals surface area contributed by atoms with Gasteiger partial charge in [0.1, 0.15) is 17.7 Å². The molecule has 1 N–H and O–H groups in total. The van der Waals surface area contributed by atoms with Gasteiger partial charge in [-0.2, -0.15) is 0 Å². The Labute approximate surface area is 153 Å². The van der Waals surface area contributed by atoms with Crippen LogP contribution in [0.1, 0.15) is 29.5 Å². The number of pyridine rings is 1. The second-order valence-electron chi connectivity index (χ2n) is 7.17. The van der Waals surface area contributed by atoms with E-state index in [4.69, 9.17) is 4.74 Å². The fraction of sp³-hybridized carbons (Fsp3) is 0.318. The second-order valence-corrected chi connectivity index (χ2v) is 7.17. The van der Waals surface area contributed by atoms with Gasteiger partial charge in [0.25, 0.3) is 0 Å². The summed E-state index contributed by atoms with van der Waals surface area (Å²) in [7, 11) is 0. The molecule has 1 aliphatic carbocycles. The number of rotatable bonds is 5. The van der Waals surface area contributed by atoms with Crippen molar-refractivity contribution < 1.29 is 9.13 Å². The van der Waals surface area contributed by atoms with Gasteiger partial charge in [0.15, 0.2) is 0 Å². The second kappa shape index (κ2) is 7.04. The molecule has 0 bridgehead atoms. The van der Waals surface area contributed by atoms with Gasteiger partial charge >= 0.3 is 0 Å². The third-order valence-corrected chi connectivity index (χ3v) is 5.11. The van der Waals surface area contributed by atoms with Crippen molar-refractivity contribution in [3.63, 3.8) is 0 Å². The summed E-state index contributed by atoms with van der Waals surface area (Å²) in [6, 6.07) is 11.7. The van der Waals surface area contributed by atoms with Crippen LogP contribution in [0.5, 0.6) is 5.75 Å². The molecule has 1 aromatic heterocycles. The van der Waals surface area contributed by atoms with E-state index >= 15 is 0 Å². The molecule has 1 fully saturated rings. The topological polar surface area (TPSA) is 34.1 Å². The summed E-state index contributed by atoms with van der Waals surface area (Å²) < 4.78 is 20.5. The standard InChI is InChI=1S/C22H23FN2O/c1-14-9-15(2)11-17(10-14)26-22-6-5-21(22)25-13-19-18-7-8-24-12-16(18)3-4-20(19)23/h3-4,7-12,21-22,25H,5-6,13H2,1-2H3/t21-,22-/m1/s1. The first-order valence-electron chi connectivity index (χ1n) is 9.09.